The standard InChI is InChI=1S/C19H16O10/c20-7-1-3-10-9-4-2-8(6-11(9)18(26)28-12(10)5-7)27-19-15(23)13(21)14(22)16(29-19)17(24)25/h1-6,13-16,19-23H,(H,24,25)/t13-,14-,15+,16-,19?/m0/s1. The van der Waals surface area contributed by atoms with Gasteiger partial charge in [-0.15, -0.1) is 0 Å². The fraction of sp³-hybridized carbons (Fsp3) is 0.263. The van der Waals surface area contributed by atoms with Crippen LogP contribution >= 0.6 is 0 Å². The van der Waals surface area contributed by atoms with Crippen LogP contribution in [0.2, 0.25) is 0 Å². The first kappa shape index (κ1) is 19.2. The molecule has 0 spiro atoms. The quantitative estimate of drug-likeness (QED) is 0.294. The Morgan fingerprint density at radius 1 is 0.931 bits per heavy atom. The van der Waals surface area contributed by atoms with Gasteiger partial charge in [-0.2, -0.15) is 0 Å². The predicted molar refractivity (Wildman–Crippen MR) is 96.6 cm³/mol. The lowest BCUT2D eigenvalue weighted by Crippen LogP contribution is -2.61. The van der Waals surface area contributed by atoms with Gasteiger partial charge < -0.3 is 39.4 Å². The fourth-order valence-corrected chi connectivity index (χ4v) is 3.26. The van der Waals surface area contributed by atoms with Gasteiger partial charge in [-0.25, -0.2) is 9.59 Å². The molecule has 1 saturated heterocycles. The molecule has 1 unspecified atom stereocenters. The molecule has 0 amide bonds. The minimum atomic E-state index is -1.84. The van der Waals surface area contributed by atoms with E-state index < -0.39 is 42.3 Å². The van der Waals surface area contributed by atoms with Gasteiger partial charge in [-0.1, -0.05) is 0 Å². The summed E-state index contributed by atoms with van der Waals surface area (Å²) in [4.78, 5) is 23.5. The monoisotopic (exact) mass is 404 g/mol. The van der Waals surface area contributed by atoms with Gasteiger partial charge in [0.2, 0.25) is 6.29 Å². The van der Waals surface area contributed by atoms with Crippen LogP contribution in [0.25, 0.3) is 21.7 Å². The highest BCUT2D eigenvalue weighted by Gasteiger charge is 2.48. The molecule has 2 heterocycles. The highest BCUT2D eigenvalue weighted by molar-refractivity contribution is 6.04. The van der Waals surface area contributed by atoms with Crippen molar-refractivity contribution >= 4 is 27.7 Å². The van der Waals surface area contributed by atoms with Crippen LogP contribution in [0.1, 0.15) is 0 Å². The third-order valence-corrected chi connectivity index (χ3v) is 4.73. The summed E-state index contributed by atoms with van der Waals surface area (Å²) in [5.74, 6) is -1.55. The van der Waals surface area contributed by atoms with Gasteiger partial charge in [0.1, 0.15) is 35.4 Å². The molecule has 1 aliphatic rings. The number of phenolic OH excluding ortho intramolecular Hbond substituents is 1. The average molecular weight is 404 g/mol. The summed E-state index contributed by atoms with van der Waals surface area (Å²) in [7, 11) is 0. The Bertz CT molecular complexity index is 1150. The molecule has 1 aromatic heterocycles. The zero-order valence-corrected chi connectivity index (χ0v) is 14.6. The molecule has 10 heteroatoms. The number of ether oxygens (including phenoxy) is 2. The second-order valence-electron chi connectivity index (χ2n) is 6.63. The maximum Gasteiger partial charge on any atom is 0.344 e. The molecular formula is C19H16O10. The average Bonchev–Trinajstić information content (AvgIpc) is 2.68. The molecule has 5 N–H and O–H groups in total. The van der Waals surface area contributed by atoms with E-state index in [1.54, 1.807) is 12.1 Å². The lowest BCUT2D eigenvalue weighted by molar-refractivity contribution is -0.271. The number of aliphatic hydroxyl groups is 3. The lowest BCUT2D eigenvalue weighted by Gasteiger charge is -2.38. The van der Waals surface area contributed by atoms with Gasteiger partial charge >= 0.3 is 11.6 Å². The van der Waals surface area contributed by atoms with Crippen LogP contribution in [0.5, 0.6) is 11.5 Å². The number of hydrogen-bond acceptors (Lipinski definition) is 9. The summed E-state index contributed by atoms with van der Waals surface area (Å²) in [5, 5.41) is 49.5. The predicted octanol–water partition coefficient (Wildman–Crippen LogP) is -0.0772. The number of rotatable bonds is 3. The Labute approximate surface area is 161 Å². The van der Waals surface area contributed by atoms with E-state index in [1.807, 2.05) is 0 Å². The first-order valence-corrected chi connectivity index (χ1v) is 8.55. The van der Waals surface area contributed by atoms with Crippen LogP contribution < -0.4 is 10.4 Å². The molecular weight excluding hydrogens is 388 g/mol. The van der Waals surface area contributed by atoms with E-state index in [4.69, 9.17) is 19.0 Å². The van der Waals surface area contributed by atoms with E-state index in [1.165, 1.54) is 24.3 Å². The van der Waals surface area contributed by atoms with Crippen LogP contribution in [0.3, 0.4) is 0 Å². The SMILES string of the molecule is O=C(O)[C@H]1OC(Oc2ccc3c(c2)c(=O)oc2cc(O)ccc23)[C@H](O)[C@@H](O)[C@@H]1O. The van der Waals surface area contributed by atoms with Gasteiger partial charge in [-0.05, 0) is 30.3 Å². The topological polar surface area (TPSA) is 167 Å². The highest BCUT2D eigenvalue weighted by Crippen LogP contribution is 2.30. The minimum Gasteiger partial charge on any atom is -0.508 e. The number of aliphatic hydroxyl groups excluding tert-OH is 3. The number of aromatic hydroxyl groups is 1. The van der Waals surface area contributed by atoms with Gasteiger partial charge in [0.25, 0.3) is 0 Å². The number of carboxylic acid groups (broad SMARTS) is 1. The van der Waals surface area contributed by atoms with E-state index in [0.29, 0.717) is 10.8 Å². The lowest BCUT2D eigenvalue weighted by atomic mass is 9.99. The first-order valence-electron chi connectivity index (χ1n) is 8.55. The zero-order chi connectivity index (χ0) is 20.9. The fourth-order valence-electron chi connectivity index (χ4n) is 3.26. The third kappa shape index (κ3) is 3.28. The molecule has 4 rings (SSSR count). The number of aliphatic carboxylic acids is 1. The van der Waals surface area contributed by atoms with Crippen LogP contribution in [0.4, 0.5) is 0 Å². The number of carbonyl (C=O) groups is 1. The Kier molecular flexibility index (Phi) is 4.63. The smallest absolute Gasteiger partial charge is 0.344 e. The molecule has 5 atom stereocenters. The molecule has 0 saturated carbocycles. The number of carboxylic acids is 1. The van der Waals surface area contributed by atoms with Gasteiger partial charge in [-0.3, -0.25) is 0 Å². The van der Waals surface area contributed by atoms with Gasteiger partial charge in [0.15, 0.2) is 6.10 Å². The van der Waals surface area contributed by atoms with Crippen molar-refractivity contribution in [3.63, 3.8) is 0 Å². The summed E-state index contributed by atoms with van der Waals surface area (Å²) in [6, 6.07) is 8.66. The molecule has 0 radical (unpaired) electrons. The van der Waals surface area contributed by atoms with Gasteiger partial charge in [0.05, 0.1) is 5.39 Å². The van der Waals surface area contributed by atoms with Crippen molar-refractivity contribution in [2.24, 2.45) is 0 Å². The molecule has 29 heavy (non-hydrogen) atoms. The summed E-state index contributed by atoms with van der Waals surface area (Å²) < 4.78 is 15.7. The number of phenols is 1. The second-order valence-corrected chi connectivity index (χ2v) is 6.63. The molecule has 1 aliphatic heterocycles. The molecule has 0 aliphatic carbocycles. The van der Waals surface area contributed by atoms with E-state index in [9.17, 15) is 30.0 Å². The van der Waals surface area contributed by atoms with Crippen molar-refractivity contribution in [2.75, 3.05) is 0 Å². The molecule has 0 bridgehead atoms. The van der Waals surface area contributed by atoms with Gasteiger partial charge in [0, 0.05) is 16.8 Å². The van der Waals surface area contributed by atoms with Crippen molar-refractivity contribution < 1.29 is 44.2 Å². The molecule has 152 valence electrons. The van der Waals surface area contributed by atoms with Crippen LogP contribution in [-0.2, 0) is 9.53 Å². The Morgan fingerprint density at radius 2 is 1.66 bits per heavy atom. The highest BCUT2D eigenvalue weighted by atomic mass is 16.7. The summed E-state index contributed by atoms with van der Waals surface area (Å²) in [6.07, 6.45) is -8.78. The van der Waals surface area contributed by atoms with E-state index >= 15 is 0 Å². The molecule has 2 aromatic carbocycles. The summed E-state index contributed by atoms with van der Waals surface area (Å²) >= 11 is 0. The maximum absolute atomic E-state index is 12.3. The van der Waals surface area contributed by atoms with Crippen molar-refractivity contribution in [1.82, 2.24) is 0 Å². The van der Waals surface area contributed by atoms with Crippen molar-refractivity contribution in [3.05, 3.63) is 46.8 Å². The Morgan fingerprint density at radius 3 is 2.38 bits per heavy atom. The van der Waals surface area contributed by atoms with E-state index in [2.05, 4.69) is 0 Å². The maximum atomic E-state index is 12.3. The van der Waals surface area contributed by atoms with Crippen molar-refractivity contribution in [3.8, 4) is 11.5 Å². The van der Waals surface area contributed by atoms with Crippen molar-refractivity contribution in [2.45, 2.75) is 30.7 Å². The third-order valence-electron chi connectivity index (χ3n) is 4.73. The molecule has 1 fully saturated rings. The van der Waals surface area contributed by atoms with E-state index in [-0.39, 0.29) is 22.5 Å². The number of fused-ring (bicyclic) bond motifs is 3. The first-order chi connectivity index (χ1) is 13.8. The Balaban J connectivity index is 1.70. The molecule has 10 nitrogen and oxygen atoms in total. The van der Waals surface area contributed by atoms with Crippen molar-refractivity contribution in [1.29, 1.82) is 0 Å². The second kappa shape index (κ2) is 7.01. The minimum absolute atomic E-state index is 0.0414. The summed E-state index contributed by atoms with van der Waals surface area (Å²) in [6.45, 7) is 0. The van der Waals surface area contributed by atoms with Crippen LogP contribution in [-0.4, -0.2) is 62.2 Å². The summed E-state index contributed by atoms with van der Waals surface area (Å²) in [5.41, 5.74) is -0.504. The zero-order valence-electron chi connectivity index (χ0n) is 14.6. The van der Waals surface area contributed by atoms with E-state index in [0.717, 1.165) is 0 Å². The molecule has 3 aromatic rings. The largest absolute Gasteiger partial charge is 0.508 e. The number of benzene rings is 2. The Hall–Kier alpha value is -3.18. The van der Waals surface area contributed by atoms with Crippen LogP contribution in [0, 0.1) is 0 Å². The van der Waals surface area contributed by atoms with Crippen LogP contribution in [0.15, 0.2) is 45.6 Å². The number of hydrogen-bond donors (Lipinski definition) is 5. The normalized spacial score (nSPS) is 27.2.